The van der Waals surface area contributed by atoms with Crippen molar-refractivity contribution in [1.29, 1.82) is 0 Å². The molecule has 0 radical (unpaired) electrons. The summed E-state index contributed by atoms with van der Waals surface area (Å²) in [6, 6.07) is 6.18. The van der Waals surface area contributed by atoms with E-state index >= 15 is 0 Å². The van der Waals surface area contributed by atoms with E-state index in [1.807, 2.05) is 0 Å². The van der Waals surface area contributed by atoms with Crippen LogP contribution in [-0.4, -0.2) is 19.1 Å². The normalized spacial score (nSPS) is 20.4. The molecule has 1 heterocycles. The highest BCUT2D eigenvalue weighted by Crippen LogP contribution is 2.24. The summed E-state index contributed by atoms with van der Waals surface area (Å²) >= 11 is 0. The zero-order chi connectivity index (χ0) is 13.1. The molecule has 104 valence electrons. The standard InChI is InChI=1S/C16H23FN2/c17-14-9-13(12-18-15-5-6-15)10-16(11-14)19-7-3-1-2-4-8-19/h9-11,15,18H,1-8,12H2. The van der Waals surface area contributed by atoms with Crippen LogP contribution in [0.25, 0.3) is 0 Å². The van der Waals surface area contributed by atoms with Gasteiger partial charge in [-0.25, -0.2) is 4.39 Å². The first-order valence-corrected chi connectivity index (χ1v) is 7.59. The van der Waals surface area contributed by atoms with Gasteiger partial charge in [-0.3, -0.25) is 0 Å². The Morgan fingerprint density at radius 2 is 1.79 bits per heavy atom. The van der Waals surface area contributed by atoms with Crippen LogP contribution in [0.4, 0.5) is 10.1 Å². The van der Waals surface area contributed by atoms with Crippen LogP contribution in [-0.2, 0) is 6.54 Å². The summed E-state index contributed by atoms with van der Waals surface area (Å²) in [5.74, 6) is -0.102. The predicted molar refractivity (Wildman–Crippen MR) is 76.9 cm³/mol. The number of rotatable bonds is 4. The molecule has 2 aliphatic rings. The highest BCUT2D eigenvalue weighted by atomic mass is 19.1. The van der Waals surface area contributed by atoms with Crippen molar-refractivity contribution < 1.29 is 4.39 Å². The molecule has 0 spiro atoms. The van der Waals surface area contributed by atoms with Crippen LogP contribution in [0.5, 0.6) is 0 Å². The van der Waals surface area contributed by atoms with Gasteiger partial charge in [0.05, 0.1) is 0 Å². The number of nitrogens with zero attached hydrogens (tertiary/aromatic N) is 1. The molecule has 1 aliphatic heterocycles. The van der Waals surface area contributed by atoms with Crippen LogP contribution in [0.1, 0.15) is 44.1 Å². The monoisotopic (exact) mass is 262 g/mol. The second kappa shape index (κ2) is 5.91. The number of hydrogen-bond acceptors (Lipinski definition) is 2. The summed E-state index contributed by atoms with van der Waals surface area (Å²) in [6.45, 7) is 2.93. The summed E-state index contributed by atoms with van der Waals surface area (Å²) in [5.41, 5.74) is 2.14. The molecule has 0 unspecified atom stereocenters. The molecule has 3 rings (SSSR count). The third kappa shape index (κ3) is 3.69. The maximum absolute atomic E-state index is 13.8. The minimum atomic E-state index is -0.102. The van der Waals surface area contributed by atoms with E-state index in [2.05, 4.69) is 16.3 Å². The van der Waals surface area contributed by atoms with Gasteiger partial charge in [0, 0.05) is 31.4 Å². The maximum Gasteiger partial charge on any atom is 0.125 e. The van der Waals surface area contributed by atoms with Crippen molar-refractivity contribution in [3.63, 3.8) is 0 Å². The Balaban J connectivity index is 1.71. The van der Waals surface area contributed by atoms with E-state index in [0.29, 0.717) is 6.04 Å². The molecule has 0 bridgehead atoms. The molecule has 1 saturated heterocycles. The Morgan fingerprint density at radius 3 is 2.47 bits per heavy atom. The van der Waals surface area contributed by atoms with Gasteiger partial charge >= 0.3 is 0 Å². The van der Waals surface area contributed by atoms with E-state index in [1.165, 1.54) is 38.5 Å². The van der Waals surface area contributed by atoms with Gasteiger partial charge in [-0.2, -0.15) is 0 Å². The molecule has 19 heavy (non-hydrogen) atoms. The first kappa shape index (κ1) is 12.9. The fourth-order valence-electron chi connectivity index (χ4n) is 2.80. The average molecular weight is 262 g/mol. The number of anilines is 1. The lowest BCUT2D eigenvalue weighted by Crippen LogP contribution is -2.24. The Labute approximate surface area is 115 Å². The summed E-state index contributed by atoms with van der Waals surface area (Å²) in [6.07, 6.45) is 7.62. The van der Waals surface area contributed by atoms with Crippen LogP contribution in [0, 0.1) is 5.82 Å². The largest absolute Gasteiger partial charge is 0.371 e. The van der Waals surface area contributed by atoms with E-state index in [9.17, 15) is 4.39 Å². The molecule has 1 aliphatic carbocycles. The minimum absolute atomic E-state index is 0.102. The third-order valence-electron chi connectivity index (χ3n) is 4.09. The van der Waals surface area contributed by atoms with E-state index in [4.69, 9.17) is 0 Å². The van der Waals surface area contributed by atoms with Gasteiger partial charge < -0.3 is 10.2 Å². The number of nitrogens with one attached hydrogen (secondary N) is 1. The molecule has 0 atom stereocenters. The molecule has 0 amide bonds. The predicted octanol–water partition coefficient (Wildman–Crippen LogP) is 3.46. The lowest BCUT2D eigenvalue weighted by atomic mass is 10.1. The second-order valence-corrected chi connectivity index (χ2v) is 5.87. The third-order valence-corrected chi connectivity index (χ3v) is 4.09. The number of hydrogen-bond donors (Lipinski definition) is 1. The molecule has 0 aromatic heterocycles. The summed E-state index contributed by atoms with van der Waals surface area (Å²) in [7, 11) is 0. The fourth-order valence-corrected chi connectivity index (χ4v) is 2.80. The van der Waals surface area contributed by atoms with Crippen LogP contribution < -0.4 is 10.2 Å². The van der Waals surface area contributed by atoms with Gasteiger partial charge in [-0.15, -0.1) is 0 Å². The van der Waals surface area contributed by atoms with Gasteiger partial charge in [0.25, 0.3) is 0 Å². The van der Waals surface area contributed by atoms with Gasteiger partial charge in [-0.1, -0.05) is 12.8 Å². The van der Waals surface area contributed by atoms with Crippen LogP contribution >= 0.6 is 0 Å². The Bertz CT molecular complexity index is 421. The number of halogens is 1. The van der Waals surface area contributed by atoms with Crippen molar-refractivity contribution in [3.05, 3.63) is 29.6 Å². The van der Waals surface area contributed by atoms with Crippen molar-refractivity contribution in [1.82, 2.24) is 5.32 Å². The minimum Gasteiger partial charge on any atom is -0.371 e. The summed E-state index contributed by atoms with van der Waals surface area (Å²) < 4.78 is 13.8. The average Bonchev–Trinajstić information content (AvgIpc) is 3.23. The van der Waals surface area contributed by atoms with Crippen molar-refractivity contribution in [2.75, 3.05) is 18.0 Å². The summed E-state index contributed by atoms with van der Waals surface area (Å²) in [4.78, 5) is 2.34. The molecule has 1 saturated carbocycles. The second-order valence-electron chi connectivity index (χ2n) is 5.87. The van der Waals surface area contributed by atoms with Gasteiger partial charge in [0.15, 0.2) is 0 Å². The van der Waals surface area contributed by atoms with E-state index in [1.54, 1.807) is 12.1 Å². The van der Waals surface area contributed by atoms with Gasteiger partial charge in [0.1, 0.15) is 5.82 Å². The Hall–Kier alpha value is -1.09. The number of benzene rings is 1. The van der Waals surface area contributed by atoms with Crippen molar-refractivity contribution in [3.8, 4) is 0 Å². The molecule has 1 aromatic rings. The Kier molecular flexibility index (Phi) is 4.02. The fraction of sp³-hybridized carbons (Fsp3) is 0.625. The van der Waals surface area contributed by atoms with Crippen molar-refractivity contribution >= 4 is 5.69 Å². The van der Waals surface area contributed by atoms with Gasteiger partial charge in [-0.05, 0) is 49.4 Å². The van der Waals surface area contributed by atoms with Gasteiger partial charge in [0.2, 0.25) is 0 Å². The van der Waals surface area contributed by atoms with Crippen molar-refractivity contribution in [2.24, 2.45) is 0 Å². The topological polar surface area (TPSA) is 15.3 Å². The zero-order valence-electron chi connectivity index (χ0n) is 11.5. The first-order chi connectivity index (χ1) is 9.31. The maximum atomic E-state index is 13.8. The highest BCUT2D eigenvalue weighted by Gasteiger charge is 2.20. The zero-order valence-corrected chi connectivity index (χ0v) is 11.5. The first-order valence-electron chi connectivity index (χ1n) is 7.59. The summed E-state index contributed by atoms with van der Waals surface area (Å²) in [5, 5.41) is 3.46. The molecular formula is C16H23FN2. The van der Waals surface area contributed by atoms with Crippen LogP contribution in [0.3, 0.4) is 0 Å². The highest BCUT2D eigenvalue weighted by molar-refractivity contribution is 5.49. The molecule has 2 nitrogen and oxygen atoms in total. The SMILES string of the molecule is Fc1cc(CNC2CC2)cc(N2CCCCCC2)c1. The Morgan fingerprint density at radius 1 is 1.05 bits per heavy atom. The van der Waals surface area contributed by atoms with Crippen LogP contribution in [0.2, 0.25) is 0 Å². The van der Waals surface area contributed by atoms with E-state index in [0.717, 1.165) is 30.9 Å². The lowest BCUT2D eigenvalue weighted by molar-refractivity contribution is 0.618. The molecule has 1 N–H and O–H groups in total. The quantitative estimate of drug-likeness (QED) is 0.894. The van der Waals surface area contributed by atoms with E-state index < -0.39 is 0 Å². The molecular weight excluding hydrogens is 239 g/mol. The van der Waals surface area contributed by atoms with E-state index in [-0.39, 0.29) is 5.82 Å². The molecule has 3 heteroatoms. The van der Waals surface area contributed by atoms with Crippen molar-refractivity contribution in [2.45, 2.75) is 51.1 Å². The lowest BCUT2D eigenvalue weighted by Gasteiger charge is -2.23. The van der Waals surface area contributed by atoms with Crippen LogP contribution in [0.15, 0.2) is 18.2 Å². The molecule has 2 fully saturated rings. The molecule has 1 aromatic carbocycles. The smallest absolute Gasteiger partial charge is 0.125 e.